The van der Waals surface area contributed by atoms with Crippen LogP contribution in [-0.4, -0.2) is 25.1 Å². The smallest absolute Gasteiger partial charge is 0.112 e. The Bertz CT molecular complexity index is 187. The van der Waals surface area contributed by atoms with Crippen LogP contribution in [0.25, 0.3) is 0 Å². The van der Waals surface area contributed by atoms with E-state index in [1.165, 1.54) is 32.1 Å². The average molecular weight is 211 g/mol. The molecule has 14 heavy (non-hydrogen) atoms. The molecule has 1 saturated heterocycles. The van der Waals surface area contributed by atoms with E-state index < -0.39 is 8.96 Å². The quantitative estimate of drug-likeness (QED) is 0.634. The molecule has 82 valence electrons. The molecule has 0 N–H and O–H groups in total. The van der Waals surface area contributed by atoms with Crippen molar-refractivity contribution in [2.24, 2.45) is 0 Å². The van der Waals surface area contributed by atoms with Crippen LogP contribution in [0.4, 0.5) is 0 Å². The van der Waals surface area contributed by atoms with Crippen molar-refractivity contribution in [3.63, 3.8) is 0 Å². The number of hydrogen-bond acceptors (Lipinski definition) is 1. The molecule has 2 aliphatic rings. The minimum atomic E-state index is -0.461. The van der Waals surface area contributed by atoms with Gasteiger partial charge in [0.25, 0.3) is 0 Å². The summed E-state index contributed by atoms with van der Waals surface area (Å²) in [6.45, 7) is 7.28. The second kappa shape index (κ2) is 3.97. The van der Waals surface area contributed by atoms with E-state index in [1.807, 2.05) is 0 Å². The summed E-state index contributed by atoms with van der Waals surface area (Å²) < 4.78 is 2.98. The van der Waals surface area contributed by atoms with E-state index in [9.17, 15) is 0 Å². The van der Waals surface area contributed by atoms with Gasteiger partial charge in [0.05, 0.1) is 0 Å². The van der Waals surface area contributed by atoms with Gasteiger partial charge in [-0.15, -0.1) is 0 Å². The monoisotopic (exact) mass is 211 g/mol. The Morgan fingerprint density at radius 1 is 1.00 bits per heavy atom. The van der Waals surface area contributed by atoms with Gasteiger partial charge in [0.15, 0.2) is 0 Å². The average Bonchev–Trinajstić information content (AvgIpc) is 2.45. The first-order chi connectivity index (χ1) is 6.59. The first-order valence-corrected chi connectivity index (χ1v) is 8.52. The molecular weight excluding hydrogens is 186 g/mol. The molecule has 2 rings (SSSR count). The molecule has 1 aliphatic carbocycles. The van der Waals surface area contributed by atoms with Gasteiger partial charge in [0.1, 0.15) is 8.96 Å². The fourth-order valence-electron chi connectivity index (χ4n) is 3.24. The Balaban J connectivity index is 2.04. The van der Waals surface area contributed by atoms with Crippen LogP contribution in [0.15, 0.2) is 0 Å². The van der Waals surface area contributed by atoms with E-state index >= 15 is 0 Å². The summed E-state index contributed by atoms with van der Waals surface area (Å²) in [5.74, 6) is 0. The molecule has 0 aromatic rings. The lowest BCUT2D eigenvalue weighted by Crippen LogP contribution is -2.57. The van der Waals surface area contributed by atoms with Crippen molar-refractivity contribution in [3.8, 4) is 0 Å². The Kier molecular flexibility index (Phi) is 3.03. The van der Waals surface area contributed by atoms with Gasteiger partial charge in [-0.2, -0.15) is 0 Å². The van der Waals surface area contributed by atoms with Gasteiger partial charge < -0.3 is 4.57 Å². The Hall–Kier alpha value is 0.177. The second-order valence-electron chi connectivity index (χ2n) is 6.10. The van der Waals surface area contributed by atoms with Crippen LogP contribution in [0, 0.1) is 0 Å². The summed E-state index contributed by atoms with van der Waals surface area (Å²) in [4.78, 5) is 0. The highest BCUT2D eigenvalue weighted by Gasteiger charge is 2.39. The van der Waals surface area contributed by atoms with Gasteiger partial charge in [0.2, 0.25) is 0 Å². The van der Waals surface area contributed by atoms with Gasteiger partial charge in [0, 0.05) is 11.6 Å². The van der Waals surface area contributed by atoms with E-state index in [2.05, 4.69) is 25.3 Å². The molecule has 0 bridgehead atoms. The van der Waals surface area contributed by atoms with E-state index in [1.54, 1.807) is 12.1 Å². The van der Waals surface area contributed by atoms with Crippen molar-refractivity contribution in [1.29, 1.82) is 0 Å². The predicted molar refractivity (Wildman–Crippen MR) is 65.2 cm³/mol. The summed E-state index contributed by atoms with van der Waals surface area (Å²) in [5, 5.41) is 0. The zero-order chi connectivity index (χ0) is 10.2. The third-order valence-corrected chi connectivity index (χ3v) is 8.09. The third-order valence-electron chi connectivity index (χ3n) is 3.96. The zero-order valence-electron chi connectivity index (χ0n) is 10.1. The first kappa shape index (κ1) is 10.7. The lowest BCUT2D eigenvalue weighted by atomic mass is 10.1. The maximum absolute atomic E-state index is 2.98. The van der Waals surface area contributed by atoms with Gasteiger partial charge in [-0.1, -0.05) is 19.3 Å². The Labute approximate surface area is 90.6 Å². The summed E-state index contributed by atoms with van der Waals surface area (Å²) in [5.41, 5.74) is 0.451. The molecular formula is C12H25NSi. The van der Waals surface area contributed by atoms with E-state index in [0.29, 0.717) is 5.54 Å². The third kappa shape index (κ3) is 2.06. The fraction of sp³-hybridized carbons (Fsp3) is 1.00. The van der Waals surface area contributed by atoms with Crippen LogP contribution in [0.1, 0.15) is 52.9 Å². The minimum Gasteiger partial charge on any atom is -0.319 e. The van der Waals surface area contributed by atoms with Gasteiger partial charge in [-0.25, -0.2) is 0 Å². The highest BCUT2D eigenvalue weighted by atomic mass is 28.3. The topological polar surface area (TPSA) is 3.24 Å². The first-order valence-electron chi connectivity index (χ1n) is 6.37. The summed E-state index contributed by atoms with van der Waals surface area (Å²) in [6, 6.07) is 4.15. The largest absolute Gasteiger partial charge is 0.319 e. The molecule has 1 saturated carbocycles. The van der Waals surface area contributed by atoms with Gasteiger partial charge in [-0.3, -0.25) is 0 Å². The molecule has 0 radical (unpaired) electrons. The zero-order valence-corrected chi connectivity index (χ0v) is 11.2. The maximum atomic E-state index is 2.98. The van der Waals surface area contributed by atoms with E-state index in [-0.39, 0.29) is 0 Å². The second-order valence-corrected chi connectivity index (χ2v) is 9.12. The lowest BCUT2D eigenvalue weighted by Gasteiger charge is -2.48. The summed E-state index contributed by atoms with van der Waals surface area (Å²) in [7, 11) is -0.461. The highest BCUT2D eigenvalue weighted by Crippen LogP contribution is 2.36. The normalized spacial score (nSPS) is 25.7. The Morgan fingerprint density at radius 3 is 1.93 bits per heavy atom. The predicted octanol–water partition coefficient (Wildman–Crippen LogP) is 3.16. The lowest BCUT2D eigenvalue weighted by molar-refractivity contribution is 0.180. The van der Waals surface area contributed by atoms with E-state index in [4.69, 9.17) is 0 Å². The number of rotatable bonds is 2. The Morgan fingerprint density at radius 2 is 1.57 bits per heavy atom. The van der Waals surface area contributed by atoms with Crippen LogP contribution in [0.3, 0.4) is 0 Å². The fourth-order valence-corrected chi connectivity index (χ4v) is 6.56. The molecule has 2 fully saturated rings. The van der Waals surface area contributed by atoms with E-state index in [0.717, 1.165) is 6.04 Å². The van der Waals surface area contributed by atoms with Crippen molar-refractivity contribution in [2.45, 2.75) is 76.5 Å². The van der Waals surface area contributed by atoms with Crippen molar-refractivity contribution >= 4 is 8.96 Å². The number of nitrogens with zero attached hydrogens (tertiary/aromatic N) is 1. The highest BCUT2D eigenvalue weighted by molar-refractivity contribution is 6.59. The molecule has 1 nitrogen and oxygen atoms in total. The molecule has 1 heterocycles. The maximum Gasteiger partial charge on any atom is 0.112 e. The van der Waals surface area contributed by atoms with Crippen molar-refractivity contribution in [2.75, 3.05) is 0 Å². The van der Waals surface area contributed by atoms with Crippen LogP contribution in [-0.2, 0) is 0 Å². The SMILES string of the molecule is CC(C)(C)N(C1CCCC1)[SiH]1CCC1. The molecule has 0 amide bonds. The summed E-state index contributed by atoms with van der Waals surface area (Å²) in [6.07, 6.45) is 7.47. The molecule has 0 unspecified atom stereocenters. The van der Waals surface area contributed by atoms with Crippen LogP contribution < -0.4 is 0 Å². The molecule has 0 aromatic carbocycles. The molecule has 0 spiro atoms. The minimum absolute atomic E-state index is 0.451. The van der Waals surface area contributed by atoms with Crippen molar-refractivity contribution < 1.29 is 0 Å². The van der Waals surface area contributed by atoms with Crippen LogP contribution >= 0.6 is 0 Å². The molecule has 2 heteroatoms. The van der Waals surface area contributed by atoms with Gasteiger partial charge in [-0.05, 0) is 45.7 Å². The number of hydrogen-bond donors (Lipinski definition) is 0. The molecule has 0 atom stereocenters. The summed E-state index contributed by atoms with van der Waals surface area (Å²) >= 11 is 0. The van der Waals surface area contributed by atoms with Crippen LogP contribution in [0.2, 0.25) is 12.1 Å². The standard InChI is InChI=1S/C12H25NSi/c1-12(2,3)13(14-9-6-10-14)11-7-4-5-8-11/h11,14H,4-10H2,1-3H3. The van der Waals surface area contributed by atoms with Crippen molar-refractivity contribution in [3.05, 3.63) is 0 Å². The molecule has 1 aliphatic heterocycles. The molecule has 0 aromatic heterocycles. The van der Waals surface area contributed by atoms with Gasteiger partial charge >= 0.3 is 0 Å². The van der Waals surface area contributed by atoms with Crippen LogP contribution in [0.5, 0.6) is 0 Å². The van der Waals surface area contributed by atoms with Crippen molar-refractivity contribution in [1.82, 2.24) is 4.57 Å².